The van der Waals surface area contributed by atoms with Gasteiger partial charge in [-0.25, -0.2) is 4.98 Å². The highest BCUT2D eigenvalue weighted by atomic mass is 16.5. The summed E-state index contributed by atoms with van der Waals surface area (Å²) in [6, 6.07) is 24.2. The molecule has 1 aromatic heterocycles. The van der Waals surface area contributed by atoms with Gasteiger partial charge in [0.05, 0.1) is 31.8 Å². The van der Waals surface area contributed by atoms with Crippen LogP contribution in [0.4, 0.5) is 0 Å². The predicted octanol–water partition coefficient (Wildman–Crippen LogP) is 4.95. The van der Waals surface area contributed by atoms with E-state index in [-0.39, 0.29) is 6.17 Å². The zero-order chi connectivity index (χ0) is 21.9. The molecule has 0 aliphatic carbocycles. The molecule has 5 rings (SSSR count). The number of methoxy groups -OCH3 is 2. The molecule has 0 saturated carbocycles. The summed E-state index contributed by atoms with van der Waals surface area (Å²) in [7, 11) is 3.36. The van der Waals surface area contributed by atoms with Gasteiger partial charge < -0.3 is 25.1 Å². The molecule has 0 fully saturated rings. The van der Waals surface area contributed by atoms with E-state index in [4.69, 9.17) is 9.47 Å². The van der Waals surface area contributed by atoms with Gasteiger partial charge in [-0.2, -0.15) is 0 Å². The van der Waals surface area contributed by atoms with Crippen molar-refractivity contribution in [2.24, 2.45) is 0 Å². The number of nitrogens with one attached hydrogen (secondary N) is 3. The number of ether oxygens (including phenoxy) is 2. The first-order chi connectivity index (χ1) is 15.8. The van der Waals surface area contributed by atoms with Gasteiger partial charge in [-0.15, -0.1) is 0 Å². The van der Waals surface area contributed by atoms with Crippen LogP contribution in [-0.4, -0.2) is 24.2 Å². The van der Waals surface area contributed by atoms with E-state index in [0.29, 0.717) is 0 Å². The fourth-order valence-corrected chi connectivity index (χ4v) is 3.91. The van der Waals surface area contributed by atoms with E-state index in [9.17, 15) is 0 Å². The summed E-state index contributed by atoms with van der Waals surface area (Å²) in [5, 5.41) is 6.93. The van der Waals surface area contributed by atoms with Crippen LogP contribution in [0.5, 0.6) is 11.5 Å². The van der Waals surface area contributed by atoms with Crippen molar-refractivity contribution in [3.05, 3.63) is 96.3 Å². The fourth-order valence-electron chi connectivity index (χ4n) is 3.91. The highest BCUT2D eigenvalue weighted by molar-refractivity contribution is 5.71. The third-order valence-corrected chi connectivity index (χ3v) is 5.58. The third-order valence-electron chi connectivity index (χ3n) is 5.58. The van der Waals surface area contributed by atoms with Crippen LogP contribution < -0.4 is 20.1 Å². The van der Waals surface area contributed by atoms with Crippen LogP contribution in [0, 0.1) is 0 Å². The molecule has 1 aliphatic heterocycles. The van der Waals surface area contributed by atoms with Crippen molar-refractivity contribution in [3.63, 3.8) is 0 Å². The lowest BCUT2D eigenvalue weighted by atomic mass is 10.1. The van der Waals surface area contributed by atoms with Gasteiger partial charge in [-0.05, 0) is 29.8 Å². The molecule has 3 N–H and O–H groups in total. The Kier molecular flexibility index (Phi) is 5.25. The van der Waals surface area contributed by atoms with E-state index in [2.05, 4.69) is 44.9 Å². The number of nitrogens with zero attached hydrogens (tertiary/aromatic N) is 1. The van der Waals surface area contributed by atoms with Crippen LogP contribution in [0.15, 0.2) is 85.2 Å². The van der Waals surface area contributed by atoms with Gasteiger partial charge in [-0.1, -0.05) is 48.5 Å². The molecule has 2 heterocycles. The number of benzene rings is 3. The lowest BCUT2D eigenvalue weighted by Gasteiger charge is -2.16. The minimum atomic E-state index is -0.00953. The largest absolute Gasteiger partial charge is 0.496 e. The second-order valence-corrected chi connectivity index (χ2v) is 7.47. The van der Waals surface area contributed by atoms with Crippen molar-refractivity contribution in [1.29, 1.82) is 0 Å². The number of aromatic nitrogens is 2. The molecule has 0 spiro atoms. The fraction of sp³-hybridized carbons (Fsp3) is 0.115. The van der Waals surface area contributed by atoms with Gasteiger partial charge in [0.1, 0.15) is 23.5 Å². The minimum Gasteiger partial charge on any atom is -0.496 e. The molecule has 1 atom stereocenters. The molecule has 0 radical (unpaired) electrons. The molecule has 0 amide bonds. The van der Waals surface area contributed by atoms with Gasteiger partial charge >= 0.3 is 0 Å². The normalized spacial score (nSPS) is 14.9. The molecular formula is C26H24N4O2. The number of aromatic amines is 1. The molecule has 4 aromatic rings. The lowest BCUT2D eigenvalue weighted by molar-refractivity contribution is 0.413. The van der Waals surface area contributed by atoms with Crippen LogP contribution in [0.2, 0.25) is 0 Å². The molecule has 6 heteroatoms. The van der Waals surface area contributed by atoms with E-state index in [1.807, 2.05) is 60.9 Å². The Morgan fingerprint density at radius 1 is 0.781 bits per heavy atom. The molecule has 3 aromatic carbocycles. The van der Waals surface area contributed by atoms with E-state index in [1.54, 1.807) is 14.2 Å². The van der Waals surface area contributed by atoms with E-state index >= 15 is 0 Å². The van der Waals surface area contributed by atoms with Crippen molar-refractivity contribution in [3.8, 4) is 34.1 Å². The van der Waals surface area contributed by atoms with E-state index in [0.717, 1.165) is 51.0 Å². The SMILES string of the molecule is COc1ccccc1C1=CNC(c2ccc(-c3ncc(-c4ccccc4OC)[nH]3)cc2)N1. The zero-order valence-electron chi connectivity index (χ0n) is 17.9. The molecule has 6 nitrogen and oxygen atoms in total. The maximum atomic E-state index is 5.48. The van der Waals surface area contributed by atoms with Gasteiger partial charge in [0.25, 0.3) is 0 Å². The maximum Gasteiger partial charge on any atom is 0.137 e. The summed E-state index contributed by atoms with van der Waals surface area (Å²) in [6.45, 7) is 0. The van der Waals surface area contributed by atoms with Crippen LogP contribution in [0.3, 0.4) is 0 Å². The van der Waals surface area contributed by atoms with E-state index in [1.165, 1.54) is 0 Å². The highest BCUT2D eigenvalue weighted by Crippen LogP contribution is 2.31. The summed E-state index contributed by atoms with van der Waals surface area (Å²) in [5.41, 5.74) is 6.09. The van der Waals surface area contributed by atoms with Gasteiger partial charge in [-0.3, -0.25) is 0 Å². The zero-order valence-corrected chi connectivity index (χ0v) is 17.9. The Hall–Kier alpha value is -4.19. The van der Waals surface area contributed by atoms with Crippen molar-refractivity contribution in [2.45, 2.75) is 6.17 Å². The van der Waals surface area contributed by atoms with Gasteiger partial charge in [0, 0.05) is 22.9 Å². The Morgan fingerprint density at radius 3 is 2.16 bits per heavy atom. The molecule has 0 saturated heterocycles. The second kappa shape index (κ2) is 8.51. The standard InChI is InChI=1S/C26H24N4O2/c1-31-23-9-5-3-7-19(23)21-15-27-25(29-21)17-11-13-18(14-12-17)26-28-16-22(30-26)20-8-4-6-10-24(20)32-2/h3-16,25,27,29H,1-2H3,(H,28,30). The number of rotatable bonds is 6. The molecule has 1 aliphatic rings. The Morgan fingerprint density at radius 2 is 1.44 bits per heavy atom. The van der Waals surface area contributed by atoms with Gasteiger partial charge in [0.15, 0.2) is 0 Å². The first kappa shape index (κ1) is 19.8. The monoisotopic (exact) mass is 424 g/mol. The first-order valence-corrected chi connectivity index (χ1v) is 10.4. The van der Waals surface area contributed by atoms with E-state index < -0.39 is 0 Å². The van der Waals surface area contributed by atoms with Crippen molar-refractivity contribution in [2.75, 3.05) is 14.2 Å². The minimum absolute atomic E-state index is 0.00953. The Balaban J connectivity index is 1.32. The average Bonchev–Trinajstić information content (AvgIpc) is 3.54. The van der Waals surface area contributed by atoms with Crippen LogP contribution in [-0.2, 0) is 0 Å². The summed E-state index contributed by atoms with van der Waals surface area (Å²) in [5.74, 6) is 2.47. The number of imidazole rings is 1. The Bertz CT molecular complexity index is 1260. The number of H-pyrrole nitrogens is 1. The third kappa shape index (κ3) is 3.67. The van der Waals surface area contributed by atoms with Crippen molar-refractivity contribution < 1.29 is 9.47 Å². The number of hydrogen-bond donors (Lipinski definition) is 3. The molecular weight excluding hydrogens is 400 g/mol. The quantitative estimate of drug-likeness (QED) is 0.409. The smallest absolute Gasteiger partial charge is 0.137 e. The molecule has 160 valence electrons. The number of hydrogen-bond acceptors (Lipinski definition) is 5. The summed E-state index contributed by atoms with van der Waals surface area (Å²) in [6.07, 6.45) is 3.82. The Labute approximate surface area is 186 Å². The summed E-state index contributed by atoms with van der Waals surface area (Å²) in [4.78, 5) is 7.97. The van der Waals surface area contributed by atoms with Gasteiger partial charge in [0.2, 0.25) is 0 Å². The summed E-state index contributed by atoms with van der Waals surface area (Å²) >= 11 is 0. The van der Waals surface area contributed by atoms with Crippen LogP contribution >= 0.6 is 0 Å². The average molecular weight is 425 g/mol. The molecule has 32 heavy (non-hydrogen) atoms. The summed E-state index contributed by atoms with van der Waals surface area (Å²) < 4.78 is 11.0. The first-order valence-electron chi connectivity index (χ1n) is 10.4. The maximum absolute atomic E-state index is 5.48. The molecule has 0 bridgehead atoms. The lowest BCUT2D eigenvalue weighted by Crippen LogP contribution is -2.22. The number of para-hydroxylation sites is 2. The van der Waals surface area contributed by atoms with Crippen LogP contribution in [0.1, 0.15) is 17.3 Å². The molecule has 1 unspecified atom stereocenters. The predicted molar refractivity (Wildman–Crippen MR) is 126 cm³/mol. The van der Waals surface area contributed by atoms with Crippen molar-refractivity contribution >= 4 is 5.70 Å². The topological polar surface area (TPSA) is 71.2 Å². The van der Waals surface area contributed by atoms with Crippen LogP contribution in [0.25, 0.3) is 28.3 Å². The van der Waals surface area contributed by atoms with Crippen molar-refractivity contribution in [1.82, 2.24) is 20.6 Å². The highest BCUT2D eigenvalue weighted by Gasteiger charge is 2.20. The second-order valence-electron chi connectivity index (χ2n) is 7.47.